The number of aldehydes is 1. The van der Waals surface area contributed by atoms with Crippen molar-refractivity contribution in [3.05, 3.63) is 124 Å². The van der Waals surface area contributed by atoms with Crippen molar-refractivity contribution >= 4 is 71.8 Å². The Hall–Kier alpha value is -10.2. The molecule has 114 heavy (non-hydrogen) atoms. The summed E-state index contributed by atoms with van der Waals surface area (Å²) in [6.07, 6.45) is -3.61. The minimum absolute atomic E-state index is 0.0226. The number of ether oxygens (including phenoxy) is 6. The molecule has 0 saturated carbocycles. The Morgan fingerprint density at radius 1 is 0.500 bits per heavy atom. The number of amides is 5. The Labute approximate surface area is 669 Å². The first-order chi connectivity index (χ1) is 52.7. The highest BCUT2D eigenvalue weighted by molar-refractivity contribution is 5.90. The zero-order valence-electron chi connectivity index (χ0n) is 69.7. The molecule has 0 spiro atoms. The van der Waals surface area contributed by atoms with E-state index in [1.165, 1.54) is 43.3 Å². The number of aryl methyl sites for hydroxylation is 2. The Morgan fingerprint density at radius 2 is 0.974 bits per heavy atom. The lowest BCUT2D eigenvalue weighted by molar-refractivity contribution is -0.164. The van der Waals surface area contributed by atoms with Crippen LogP contribution in [-0.4, -0.2) is 193 Å². The van der Waals surface area contributed by atoms with Crippen molar-refractivity contribution in [2.75, 3.05) is 32.7 Å². The van der Waals surface area contributed by atoms with Crippen LogP contribution in [0.1, 0.15) is 210 Å². The first kappa shape index (κ1) is 96.2. The molecule has 10 N–H and O–H groups in total. The van der Waals surface area contributed by atoms with Crippen LogP contribution in [0.5, 0.6) is 17.2 Å². The maximum Gasteiger partial charge on any atom is 0.405 e. The summed E-state index contributed by atoms with van der Waals surface area (Å²) in [5.74, 6) is -6.33. The first-order valence-electron chi connectivity index (χ1n) is 38.3. The highest BCUT2D eigenvalue weighted by Gasteiger charge is 2.42. The van der Waals surface area contributed by atoms with Gasteiger partial charge in [0.15, 0.2) is 18.2 Å². The van der Waals surface area contributed by atoms with Gasteiger partial charge in [-0.3, -0.25) is 48.7 Å². The van der Waals surface area contributed by atoms with E-state index in [0.717, 1.165) is 5.56 Å². The third-order valence-corrected chi connectivity index (χ3v) is 16.9. The van der Waals surface area contributed by atoms with Gasteiger partial charge in [0.2, 0.25) is 11.8 Å². The summed E-state index contributed by atoms with van der Waals surface area (Å²) in [6, 6.07) is 19.7. The van der Waals surface area contributed by atoms with Gasteiger partial charge < -0.3 is 75.4 Å². The molecule has 0 bridgehead atoms. The van der Waals surface area contributed by atoms with Crippen molar-refractivity contribution in [1.82, 2.24) is 41.7 Å². The van der Waals surface area contributed by atoms with Crippen LogP contribution in [0.2, 0.25) is 0 Å². The molecule has 30 heteroatoms. The number of esters is 5. The van der Waals surface area contributed by atoms with Crippen LogP contribution < -0.4 is 36.6 Å². The predicted molar refractivity (Wildman–Crippen MR) is 425 cm³/mol. The van der Waals surface area contributed by atoms with E-state index in [0.29, 0.717) is 35.0 Å². The zero-order valence-corrected chi connectivity index (χ0v) is 69.7. The third kappa shape index (κ3) is 36.7. The second-order valence-electron chi connectivity index (χ2n) is 34.5. The minimum Gasteiger partial charge on any atom is -0.508 e. The SMILES string of the molecule is CC(C)(C)OC(=O)CN(CCN(CC(=O)OC(C)(C)C)Cc1cc(CCC(=O)N[C@@H](C=O)N[C@](C)(C(=O)OC(C)(C)C)c2ccc(O[C@H](C(=O)CC[C@H](NC(=O)N[C@@H](CCCCNC(=O)[C@H](Cc3ccccc3)NC(=O)O)C(=O)OC(C)(C)C)C(=O)OC(C)(C)C)C(C)(C)C)cc2)ccc1O)Cc1cc(CCC(=O)O)ccc1O. The Kier molecular flexibility index (Phi) is 36.1. The van der Waals surface area contributed by atoms with Gasteiger partial charge in [0.25, 0.3) is 0 Å². The molecule has 6 atom stereocenters. The number of nitrogens with zero attached hydrogens (tertiary/aromatic N) is 2. The lowest BCUT2D eigenvalue weighted by Crippen LogP contribution is -2.59. The molecule has 0 aromatic heterocycles. The predicted octanol–water partition coefficient (Wildman–Crippen LogP) is 9.55. The van der Waals surface area contributed by atoms with Crippen molar-refractivity contribution in [2.45, 2.75) is 273 Å². The van der Waals surface area contributed by atoms with E-state index in [9.17, 15) is 78.0 Å². The van der Waals surface area contributed by atoms with Crippen LogP contribution in [0.25, 0.3) is 0 Å². The molecule has 0 aliphatic heterocycles. The number of benzene rings is 4. The van der Waals surface area contributed by atoms with Crippen LogP contribution in [0.3, 0.4) is 0 Å². The number of ketones is 1. The van der Waals surface area contributed by atoms with E-state index in [1.807, 2.05) is 0 Å². The maximum absolute atomic E-state index is 14.5. The fourth-order valence-corrected chi connectivity index (χ4v) is 11.7. The number of carbonyl (C=O) groups excluding carboxylic acids is 10. The first-order valence-corrected chi connectivity index (χ1v) is 38.3. The van der Waals surface area contributed by atoms with Crippen LogP contribution in [-0.2, 0) is 110 Å². The number of phenolic OH excluding ortho intramolecular Hbond substituents is 2. The van der Waals surface area contributed by atoms with Gasteiger partial charge in [-0.25, -0.2) is 24.0 Å². The number of unbranched alkanes of at least 4 members (excludes halogenated alkanes) is 1. The number of aliphatic carboxylic acids is 1. The van der Waals surface area contributed by atoms with Gasteiger partial charge in [0, 0.05) is 74.9 Å². The van der Waals surface area contributed by atoms with E-state index in [-0.39, 0.29) is 126 Å². The molecule has 5 amide bonds. The van der Waals surface area contributed by atoms with Gasteiger partial charge in [0.05, 0.1) is 13.1 Å². The molecule has 0 fully saturated rings. The number of aromatic hydroxyl groups is 2. The molecule has 0 aliphatic rings. The molecule has 4 aromatic carbocycles. The number of carboxylic acid groups (broad SMARTS) is 2. The van der Waals surface area contributed by atoms with Gasteiger partial charge >= 0.3 is 47.9 Å². The van der Waals surface area contributed by atoms with Gasteiger partial charge in [-0.15, -0.1) is 0 Å². The Morgan fingerprint density at radius 3 is 1.42 bits per heavy atom. The molecule has 0 aliphatic carbocycles. The summed E-state index contributed by atoms with van der Waals surface area (Å²) in [6.45, 7) is 31.7. The lowest BCUT2D eigenvalue weighted by atomic mass is 9.84. The fraction of sp³-hybridized carbons (Fsp3) is 0.571. The number of Topliss-reactive ketones (excluding diaryl/α,β-unsaturated/α-hetero) is 1. The Bertz CT molecular complexity index is 3920. The molecule has 4 aromatic rings. The standard InChI is InChI=1S/C84H122N8O22/c1-78(2,3)71(65(96)39-36-61(74(104)113-82(13,14)15)87-76(106)86-60(73(103)112-81(10,11)12)27-23-24-42-85-72(102)62(88-77(107)108)47-53-25-21-20-22-26-53)109-59-34-32-58(33-35-59)84(19,75(105)114-83(16,17)18)90-66(52-93)89-67(97)40-30-54-28-37-63(94)56(45-54)48-91(50-69(100)110-79(4,5)6)43-44-92(51-70(101)111-80(7,8)9)49-57-46-55(29-38-64(57)95)31-41-68(98)99/h20-22,25-26,28-29,32-35,37-38,45-46,52,60-62,66,71,88,90,94-95H,23-24,27,30-31,36,39-44,47-51H2,1-19H3,(H,85,102)(H,89,97)(H,98,99)(H,107,108)(H2,86,87,106)/t60-,61-,62-,66+,71+,84-/m0/s1. The van der Waals surface area contributed by atoms with Crippen LogP contribution >= 0.6 is 0 Å². The number of urea groups is 1. The average Bonchev–Trinajstić information content (AvgIpc) is 0.787. The Balaban J connectivity index is 1.52. The second-order valence-corrected chi connectivity index (χ2v) is 34.5. The number of carbonyl (C=O) groups is 12. The molecular weight excluding hydrogens is 1470 g/mol. The topological polar surface area (TPSA) is 420 Å². The van der Waals surface area contributed by atoms with Crippen LogP contribution in [0.4, 0.5) is 9.59 Å². The smallest absolute Gasteiger partial charge is 0.405 e. The van der Waals surface area contributed by atoms with Crippen LogP contribution in [0.15, 0.2) is 91.0 Å². The van der Waals surface area contributed by atoms with Crippen molar-refractivity contribution in [3.8, 4) is 17.2 Å². The molecule has 4 rings (SSSR count). The molecular formula is C84H122N8O22. The summed E-state index contributed by atoms with van der Waals surface area (Å²) < 4.78 is 35.0. The van der Waals surface area contributed by atoms with Gasteiger partial charge in [-0.05, 0) is 196 Å². The van der Waals surface area contributed by atoms with E-state index >= 15 is 0 Å². The van der Waals surface area contributed by atoms with Gasteiger partial charge in [-0.2, -0.15) is 0 Å². The summed E-state index contributed by atoms with van der Waals surface area (Å²) in [5.41, 5.74) is -4.47. The highest BCUT2D eigenvalue weighted by atomic mass is 16.6. The third-order valence-electron chi connectivity index (χ3n) is 16.9. The van der Waals surface area contributed by atoms with Crippen LogP contribution in [0, 0.1) is 5.41 Å². The largest absolute Gasteiger partial charge is 0.508 e. The molecule has 630 valence electrons. The van der Waals surface area contributed by atoms with E-state index in [4.69, 9.17) is 28.4 Å². The van der Waals surface area contributed by atoms with E-state index in [1.54, 1.807) is 189 Å². The number of nitrogens with one attached hydrogen (secondary N) is 6. The maximum atomic E-state index is 14.5. The molecule has 0 saturated heterocycles. The summed E-state index contributed by atoms with van der Waals surface area (Å²) in [7, 11) is 0. The van der Waals surface area contributed by atoms with Gasteiger partial charge in [-0.1, -0.05) is 87.5 Å². The molecule has 0 radical (unpaired) electrons. The highest BCUT2D eigenvalue weighted by Crippen LogP contribution is 2.32. The summed E-state index contributed by atoms with van der Waals surface area (Å²) in [5, 5.41) is 56.8. The van der Waals surface area contributed by atoms with Gasteiger partial charge in [0.1, 0.15) is 75.1 Å². The quantitative estimate of drug-likeness (QED) is 0.00648. The molecule has 0 unspecified atom stereocenters. The number of hydrogen-bond donors (Lipinski definition) is 10. The number of carboxylic acids is 1. The summed E-state index contributed by atoms with van der Waals surface area (Å²) >= 11 is 0. The normalized spacial score (nSPS) is 13.9. The zero-order chi connectivity index (χ0) is 85.9. The van der Waals surface area contributed by atoms with E-state index < -0.39 is 135 Å². The summed E-state index contributed by atoms with van der Waals surface area (Å²) in [4.78, 5) is 164. The number of hydrogen-bond acceptors (Lipinski definition) is 23. The molecule has 30 nitrogen and oxygen atoms in total. The number of rotatable bonds is 42. The van der Waals surface area contributed by atoms with Crippen molar-refractivity contribution in [1.29, 1.82) is 0 Å². The van der Waals surface area contributed by atoms with Crippen molar-refractivity contribution in [2.24, 2.45) is 5.41 Å². The fourth-order valence-electron chi connectivity index (χ4n) is 11.7. The van der Waals surface area contributed by atoms with E-state index in [2.05, 4.69) is 31.9 Å². The minimum atomic E-state index is -1.84. The second kappa shape index (κ2) is 42.8. The number of phenols is 2. The lowest BCUT2D eigenvalue weighted by Gasteiger charge is -2.35. The van der Waals surface area contributed by atoms with Crippen molar-refractivity contribution in [3.63, 3.8) is 0 Å². The molecule has 0 heterocycles. The average molecular weight is 1600 g/mol. The van der Waals surface area contributed by atoms with Crippen molar-refractivity contribution < 1.29 is 106 Å². The monoisotopic (exact) mass is 1590 g/mol.